The van der Waals surface area contributed by atoms with Gasteiger partial charge in [0, 0.05) is 37.6 Å². The average Bonchev–Trinajstić information content (AvgIpc) is 3.36. The smallest absolute Gasteiger partial charge is 0.254 e. The molecule has 1 amide bonds. The molecule has 0 N–H and O–H groups in total. The van der Waals surface area contributed by atoms with E-state index in [9.17, 15) is 4.79 Å². The number of carbonyl (C=O) groups excluding carboxylic acids is 1. The van der Waals surface area contributed by atoms with Gasteiger partial charge in [0.1, 0.15) is 0 Å². The number of amides is 1. The third-order valence-electron chi connectivity index (χ3n) is 5.26. The van der Waals surface area contributed by atoms with Gasteiger partial charge in [-0.05, 0) is 31.0 Å². The van der Waals surface area contributed by atoms with E-state index in [0.29, 0.717) is 35.9 Å². The Kier molecular flexibility index (Phi) is 8.52. The van der Waals surface area contributed by atoms with Crippen LogP contribution in [0, 0.1) is 0 Å². The second-order valence-corrected chi connectivity index (χ2v) is 7.70. The number of benzene rings is 2. The molecule has 3 aromatic rings. The summed E-state index contributed by atoms with van der Waals surface area (Å²) >= 11 is 0. The number of imidazole rings is 1. The summed E-state index contributed by atoms with van der Waals surface area (Å²) in [5.74, 6) is 1.27. The van der Waals surface area contributed by atoms with Crippen molar-refractivity contribution >= 4 is 12.0 Å². The van der Waals surface area contributed by atoms with Crippen molar-refractivity contribution in [3.05, 3.63) is 77.9 Å². The molecule has 0 atom stereocenters. The Balaban J connectivity index is 1.85. The maximum Gasteiger partial charge on any atom is 0.254 e. The van der Waals surface area contributed by atoms with Crippen LogP contribution >= 0.6 is 0 Å². The summed E-state index contributed by atoms with van der Waals surface area (Å²) in [6.45, 7) is 3.92. The van der Waals surface area contributed by atoms with Crippen LogP contribution in [0.15, 0.2) is 66.8 Å². The number of carbonyl (C=O) groups is 1. The van der Waals surface area contributed by atoms with Crippen molar-refractivity contribution in [2.75, 3.05) is 34.4 Å². The summed E-state index contributed by atoms with van der Waals surface area (Å²) in [4.78, 5) is 19.5. The molecule has 0 saturated carbocycles. The van der Waals surface area contributed by atoms with E-state index in [2.05, 4.69) is 11.1 Å². The minimum absolute atomic E-state index is 0.0966. The Morgan fingerprint density at radius 1 is 1.06 bits per heavy atom. The third kappa shape index (κ3) is 6.38. The van der Waals surface area contributed by atoms with Crippen LogP contribution in [0.3, 0.4) is 0 Å². The van der Waals surface area contributed by atoms with Crippen molar-refractivity contribution in [1.82, 2.24) is 14.5 Å². The number of methoxy groups -OCH3 is 3. The molecule has 0 fully saturated rings. The molecule has 0 aliphatic heterocycles. The Morgan fingerprint density at radius 3 is 2.33 bits per heavy atom. The molecule has 33 heavy (non-hydrogen) atoms. The number of aromatic nitrogens is 2. The average molecular weight is 450 g/mol. The Labute approximate surface area is 195 Å². The van der Waals surface area contributed by atoms with Crippen molar-refractivity contribution < 1.29 is 19.0 Å². The van der Waals surface area contributed by atoms with Crippen LogP contribution in [0.5, 0.6) is 17.2 Å². The van der Waals surface area contributed by atoms with Crippen molar-refractivity contribution in [3.8, 4) is 17.2 Å². The number of rotatable bonds is 11. The predicted molar refractivity (Wildman–Crippen MR) is 129 cm³/mol. The molecule has 174 valence electrons. The van der Waals surface area contributed by atoms with E-state index >= 15 is 0 Å². The second-order valence-electron chi connectivity index (χ2n) is 7.70. The van der Waals surface area contributed by atoms with E-state index in [4.69, 9.17) is 14.2 Å². The molecule has 1 aromatic heterocycles. The summed E-state index contributed by atoms with van der Waals surface area (Å²) in [5, 5.41) is 0. The van der Waals surface area contributed by atoms with E-state index in [1.54, 1.807) is 46.0 Å². The Morgan fingerprint density at radius 2 is 1.76 bits per heavy atom. The van der Waals surface area contributed by atoms with Crippen molar-refractivity contribution in [2.45, 2.75) is 19.9 Å². The van der Waals surface area contributed by atoms with Gasteiger partial charge < -0.3 is 23.7 Å². The first-order valence-electron chi connectivity index (χ1n) is 10.8. The highest BCUT2D eigenvalue weighted by atomic mass is 16.5. The van der Waals surface area contributed by atoms with Crippen LogP contribution in [0.1, 0.15) is 29.3 Å². The topological polar surface area (TPSA) is 65.8 Å². The van der Waals surface area contributed by atoms with Gasteiger partial charge in [0.2, 0.25) is 5.75 Å². The van der Waals surface area contributed by atoms with Gasteiger partial charge in [0.15, 0.2) is 11.5 Å². The number of hydrogen-bond donors (Lipinski definition) is 0. The Bertz CT molecular complexity index is 1040. The largest absolute Gasteiger partial charge is 0.493 e. The highest BCUT2D eigenvalue weighted by molar-refractivity contribution is 5.96. The molecule has 0 aliphatic rings. The minimum Gasteiger partial charge on any atom is -0.493 e. The molecule has 0 saturated heterocycles. The maximum atomic E-state index is 13.6. The van der Waals surface area contributed by atoms with Crippen molar-refractivity contribution in [2.24, 2.45) is 0 Å². The van der Waals surface area contributed by atoms with Crippen LogP contribution in [0.25, 0.3) is 6.08 Å². The number of ether oxygens (including phenoxy) is 3. The molecule has 3 rings (SSSR count). The summed E-state index contributed by atoms with van der Waals surface area (Å²) in [6, 6.07) is 13.5. The molecule has 7 nitrogen and oxygen atoms in total. The van der Waals surface area contributed by atoms with Gasteiger partial charge in [-0.25, -0.2) is 4.98 Å². The molecular formula is C26H31N3O4. The lowest BCUT2D eigenvalue weighted by Gasteiger charge is -2.24. The van der Waals surface area contributed by atoms with Crippen LogP contribution < -0.4 is 14.2 Å². The van der Waals surface area contributed by atoms with E-state index in [1.807, 2.05) is 52.9 Å². The van der Waals surface area contributed by atoms with Crippen LogP contribution in [-0.2, 0) is 6.54 Å². The van der Waals surface area contributed by atoms with E-state index < -0.39 is 0 Å². The van der Waals surface area contributed by atoms with Gasteiger partial charge in [-0.1, -0.05) is 42.0 Å². The molecule has 0 bridgehead atoms. The molecule has 2 aromatic carbocycles. The van der Waals surface area contributed by atoms with Gasteiger partial charge in [0.25, 0.3) is 5.91 Å². The molecule has 0 radical (unpaired) electrons. The fraction of sp³-hybridized carbons (Fsp3) is 0.308. The van der Waals surface area contributed by atoms with Crippen molar-refractivity contribution in [1.29, 1.82) is 0 Å². The van der Waals surface area contributed by atoms with Gasteiger partial charge in [-0.3, -0.25) is 4.79 Å². The van der Waals surface area contributed by atoms with Crippen LogP contribution in [0.2, 0.25) is 0 Å². The first-order valence-corrected chi connectivity index (χ1v) is 10.8. The van der Waals surface area contributed by atoms with E-state index in [1.165, 1.54) is 0 Å². The first-order chi connectivity index (χ1) is 16.0. The first kappa shape index (κ1) is 23.9. The lowest BCUT2D eigenvalue weighted by molar-refractivity contribution is 0.0765. The van der Waals surface area contributed by atoms with Crippen LogP contribution in [-0.4, -0.2) is 54.8 Å². The third-order valence-corrected chi connectivity index (χ3v) is 5.26. The summed E-state index contributed by atoms with van der Waals surface area (Å²) in [7, 11) is 4.63. The van der Waals surface area contributed by atoms with Gasteiger partial charge in [-0.15, -0.1) is 0 Å². The number of hydrogen-bond acceptors (Lipinski definition) is 5. The molecule has 0 spiro atoms. The van der Waals surface area contributed by atoms with Crippen LogP contribution in [0.4, 0.5) is 0 Å². The standard InChI is InChI=1S/C26H31N3O4/c1-20(15-21-9-6-5-7-10-21)18-29(13-8-12-28-14-11-27-19-28)26(30)22-16-23(31-2)25(33-4)24(17-22)32-3/h5-7,9-11,14-17,19H,8,12-13,18H2,1-4H3/b20-15+. The van der Waals surface area contributed by atoms with E-state index in [-0.39, 0.29) is 5.91 Å². The Hall–Kier alpha value is -3.74. The molecule has 7 heteroatoms. The summed E-state index contributed by atoms with van der Waals surface area (Å²) in [6.07, 6.45) is 8.36. The molecule has 1 heterocycles. The predicted octanol–water partition coefficient (Wildman–Crippen LogP) is 4.54. The zero-order chi connectivity index (χ0) is 23.6. The molecule has 0 unspecified atom stereocenters. The number of aryl methyl sites for hydroxylation is 1. The van der Waals surface area contributed by atoms with E-state index in [0.717, 1.165) is 24.1 Å². The summed E-state index contributed by atoms with van der Waals surface area (Å²) < 4.78 is 18.3. The normalized spacial score (nSPS) is 11.2. The monoisotopic (exact) mass is 449 g/mol. The maximum absolute atomic E-state index is 13.6. The minimum atomic E-state index is -0.0966. The number of nitrogens with zero attached hydrogens (tertiary/aromatic N) is 3. The fourth-order valence-corrected chi connectivity index (χ4v) is 3.68. The lowest BCUT2D eigenvalue weighted by Crippen LogP contribution is -2.34. The molecule has 0 aliphatic carbocycles. The highest BCUT2D eigenvalue weighted by Crippen LogP contribution is 2.38. The zero-order valence-electron chi connectivity index (χ0n) is 19.7. The highest BCUT2D eigenvalue weighted by Gasteiger charge is 2.21. The summed E-state index contributed by atoms with van der Waals surface area (Å²) in [5.41, 5.74) is 2.68. The molecular weight excluding hydrogens is 418 g/mol. The van der Waals surface area contributed by atoms with Gasteiger partial charge >= 0.3 is 0 Å². The zero-order valence-corrected chi connectivity index (χ0v) is 19.7. The lowest BCUT2D eigenvalue weighted by atomic mass is 10.1. The SMILES string of the molecule is COc1cc(C(=O)N(CCCn2ccnc2)C/C(C)=C/c2ccccc2)cc(OC)c1OC. The van der Waals surface area contributed by atoms with Gasteiger partial charge in [-0.2, -0.15) is 0 Å². The quantitative estimate of drug-likeness (QED) is 0.430. The fourth-order valence-electron chi connectivity index (χ4n) is 3.68. The second kappa shape index (κ2) is 11.8. The van der Waals surface area contributed by atoms with Gasteiger partial charge in [0.05, 0.1) is 27.7 Å². The van der Waals surface area contributed by atoms with Crippen molar-refractivity contribution in [3.63, 3.8) is 0 Å².